The zero-order valence-electron chi connectivity index (χ0n) is 9.77. The van der Waals surface area contributed by atoms with Gasteiger partial charge in [0.15, 0.2) is 9.84 Å². The lowest BCUT2D eigenvalue weighted by atomic mass is 10.1. The molecule has 0 aromatic carbocycles. The second-order valence-electron chi connectivity index (χ2n) is 4.25. The van der Waals surface area contributed by atoms with E-state index in [2.05, 4.69) is 25.9 Å². The first-order valence-electron chi connectivity index (χ1n) is 5.41. The molecule has 5 nitrogen and oxygen atoms in total. The minimum Gasteiger partial charge on any atom is -0.378 e. The molecule has 0 amide bonds. The monoisotopic (exact) mass is 352 g/mol. The molecule has 0 saturated carbocycles. The quantitative estimate of drug-likeness (QED) is 0.841. The number of rotatable bonds is 3. The number of nitrogens with one attached hydrogen (secondary N) is 1. The first-order chi connectivity index (χ1) is 8.43. The maximum Gasteiger partial charge on any atom is 0.151 e. The van der Waals surface area contributed by atoms with E-state index in [1.54, 1.807) is 7.11 Å². The number of ether oxygens (including phenoxy) is 1. The molecular formula is C10H13BrN2O3S2. The highest BCUT2D eigenvalue weighted by molar-refractivity contribution is 9.10. The Balaban J connectivity index is 2.38. The molecule has 100 valence electrons. The molecule has 1 saturated heterocycles. The number of aromatic nitrogens is 2. The van der Waals surface area contributed by atoms with E-state index in [-0.39, 0.29) is 17.4 Å². The summed E-state index contributed by atoms with van der Waals surface area (Å²) in [5, 5.41) is 0. The van der Waals surface area contributed by atoms with Crippen molar-refractivity contribution in [2.24, 2.45) is 0 Å². The standard InChI is InChI=1S/C10H13BrN2O3S2/c1-16-4-7-8(11)10(17)13-9(12-7)6-2-3-18(14,15)5-6/h6H,2-5H2,1H3,(H,12,13,17). The van der Waals surface area contributed by atoms with Crippen LogP contribution >= 0.6 is 28.1 Å². The second-order valence-corrected chi connectivity index (χ2v) is 7.66. The van der Waals surface area contributed by atoms with Crippen LogP contribution in [0.3, 0.4) is 0 Å². The van der Waals surface area contributed by atoms with E-state index in [9.17, 15) is 8.42 Å². The van der Waals surface area contributed by atoms with Gasteiger partial charge in [-0.25, -0.2) is 13.4 Å². The maximum atomic E-state index is 11.5. The summed E-state index contributed by atoms with van der Waals surface area (Å²) in [6, 6.07) is 0. The van der Waals surface area contributed by atoms with Gasteiger partial charge in [0, 0.05) is 13.0 Å². The first kappa shape index (κ1) is 14.1. The van der Waals surface area contributed by atoms with E-state index < -0.39 is 9.84 Å². The summed E-state index contributed by atoms with van der Waals surface area (Å²) in [6.45, 7) is 0.374. The fourth-order valence-corrected chi connectivity index (χ4v) is 4.24. The van der Waals surface area contributed by atoms with E-state index in [4.69, 9.17) is 17.0 Å². The summed E-state index contributed by atoms with van der Waals surface area (Å²) in [5.41, 5.74) is 0.789. The van der Waals surface area contributed by atoms with Crippen molar-refractivity contribution in [1.29, 1.82) is 0 Å². The molecule has 0 bridgehead atoms. The molecule has 2 heterocycles. The van der Waals surface area contributed by atoms with Crippen molar-refractivity contribution in [2.75, 3.05) is 18.6 Å². The molecule has 1 aliphatic heterocycles. The van der Waals surface area contributed by atoms with Gasteiger partial charge in [-0.3, -0.25) is 0 Å². The van der Waals surface area contributed by atoms with E-state index >= 15 is 0 Å². The lowest BCUT2D eigenvalue weighted by Gasteiger charge is -2.11. The Morgan fingerprint density at radius 3 is 2.89 bits per heavy atom. The van der Waals surface area contributed by atoms with Gasteiger partial charge in [-0.05, 0) is 22.4 Å². The molecule has 1 aromatic rings. The Hall–Kier alpha value is -0.310. The summed E-state index contributed by atoms with van der Waals surface area (Å²) in [7, 11) is -1.34. The predicted octanol–water partition coefficient (Wildman–Crippen LogP) is 1.95. The fourth-order valence-electron chi connectivity index (χ4n) is 1.97. The molecule has 1 unspecified atom stereocenters. The van der Waals surface area contributed by atoms with Crippen molar-refractivity contribution in [3.8, 4) is 0 Å². The number of aromatic amines is 1. The van der Waals surface area contributed by atoms with Gasteiger partial charge in [-0.2, -0.15) is 0 Å². The van der Waals surface area contributed by atoms with Gasteiger partial charge < -0.3 is 9.72 Å². The lowest BCUT2D eigenvalue weighted by molar-refractivity contribution is 0.180. The van der Waals surface area contributed by atoms with Crippen LogP contribution in [0.25, 0.3) is 0 Å². The first-order valence-corrected chi connectivity index (χ1v) is 8.43. The Bertz CT molecular complexity index is 612. The number of H-pyrrole nitrogens is 1. The minimum atomic E-state index is -2.93. The summed E-state index contributed by atoms with van der Waals surface area (Å²) in [6.07, 6.45) is 0.592. The Labute approximate surface area is 119 Å². The third-order valence-electron chi connectivity index (χ3n) is 2.86. The van der Waals surface area contributed by atoms with E-state index in [0.717, 1.165) is 5.69 Å². The van der Waals surface area contributed by atoms with Crippen LogP contribution in [0.4, 0.5) is 0 Å². The summed E-state index contributed by atoms with van der Waals surface area (Å²) < 4.78 is 29.1. The molecule has 2 rings (SSSR count). The summed E-state index contributed by atoms with van der Waals surface area (Å²) in [4.78, 5) is 7.38. The zero-order chi connectivity index (χ0) is 13.3. The Morgan fingerprint density at radius 2 is 2.33 bits per heavy atom. The molecule has 0 aliphatic carbocycles. The van der Waals surface area contributed by atoms with Crippen LogP contribution in [0.2, 0.25) is 0 Å². The second kappa shape index (κ2) is 5.36. The zero-order valence-corrected chi connectivity index (χ0v) is 13.0. The van der Waals surface area contributed by atoms with Crippen LogP contribution in [0.15, 0.2) is 4.47 Å². The van der Waals surface area contributed by atoms with Gasteiger partial charge in [0.25, 0.3) is 0 Å². The highest BCUT2D eigenvalue weighted by Crippen LogP contribution is 2.28. The Kier molecular flexibility index (Phi) is 4.20. The van der Waals surface area contributed by atoms with Crippen molar-refractivity contribution in [3.63, 3.8) is 0 Å². The number of hydrogen-bond acceptors (Lipinski definition) is 5. The van der Waals surface area contributed by atoms with Crippen LogP contribution in [0, 0.1) is 4.64 Å². The van der Waals surface area contributed by atoms with Gasteiger partial charge in [0.2, 0.25) is 0 Å². The van der Waals surface area contributed by atoms with Gasteiger partial charge in [-0.1, -0.05) is 12.2 Å². The van der Waals surface area contributed by atoms with Crippen molar-refractivity contribution in [2.45, 2.75) is 18.9 Å². The Morgan fingerprint density at radius 1 is 1.61 bits per heavy atom. The predicted molar refractivity (Wildman–Crippen MR) is 73.8 cm³/mol. The van der Waals surface area contributed by atoms with Crippen LogP contribution in [-0.4, -0.2) is 37.0 Å². The molecule has 1 atom stereocenters. The average Bonchev–Trinajstić information content (AvgIpc) is 2.65. The number of hydrogen-bond donors (Lipinski definition) is 1. The smallest absolute Gasteiger partial charge is 0.151 e. The molecule has 1 aliphatic rings. The fraction of sp³-hybridized carbons (Fsp3) is 0.600. The number of nitrogens with zero attached hydrogens (tertiary/aromatic N) is 1. The van der Waals surface area contributed by atoms with Crippen LogP contribution in [-0.2, 0) is 21.2 Å². The number of halogens is 1. The van der Waals surface area contributed by atoms with E-state index in [1.807, 2.05) is 0 Å². The van der Waals surface area contributed by atoms with Crippen molar-refractivity contribution < 1.29 is 13.2 Å². The van der Waals surface area contributed by atoms with Crippen molar-refractivity contribution in [1.82, 2.24) is 9.97 Å². The molecule has 1 aromatic heterocycles. The molecule has 0 spiro atoms. The van der Waals surface area contributed by atoms with Gasteiger partial charge >= 0.3 is 0 Å². The van der Waals surface area contributed by atoms with E-state index in [1.165, 1.54) is 0 Å². The molecule has 8 heteroatoms. The third-order valence-corrected chi connectivity index (χ3v) is 6.04. The topological polar surface area (TPSA) is 72.1 Å². The molecular weight excluding hydrogens is 340 g/mol. The maximum absolute atomic E-state index is 11.5. The van der Waals surface area contributed by atoms with Crippen LogP contribution < -0.4 is 0 Å². The SMILES string of the molecule is COCc1[nH]c(C2CCS(=O)(=O)C2)nc(=S)c1Br. The lowest BCUT2D eigenvalue weighted by Crippen LogP contribution is -2.10. The largest absolute Gasteiger partial charge is 0.378 e. The van der Waals surface area contributed by atoms with Crippen LogP contribution in [0.1, 0.15) is 23.9 Å². The summed E-state index contributed by atoms with van der Waals surface area (Å²) >= 11 is 8.50. The number of methoxy groups -OCH3 is 1. The molecule has 0 radical (unpaired) electrons. The van der Waals surface area contributed by atoms with E-state index in [0.29, 0.717) is 28.0 Å². The van der Waals surface area contributed by atoms with Gasteiger partial charge in [0.05, 0.1) is 28.3 Å². The minimum absolute atomic E-state index is 0.0968. The summed E-state index contributed by atoms with van der Waals surface area (Å²) in [5.74, 6) is 0.895. The van der Waals surface area contributed by atoms with Crippen LogP contribution in [0.5, 0.6) is 0 Å². The number of sulfone groups is 1. The third kappa shape index (κ3) is 2.98. The normalized spacial score (nSPS) is 22.2. The average molecular weight is 353 g/mol. The van der Waals surface area contributed by atoms with Crippen molar-refractivity contribution in [3.05, 3.63) is 20.6 Å². The van der Waals surface area contributed by atoms with Gasteiger partial charge in [-0.15, -0.1) is 0 Å². The van der Waals surface area contributed by atoms with Gasteiger partial charge in [0.1, 0.15) is 10.5 Å². The highest BCUT2D eigenvalue weighted by Gasteiger charge is 2.30. The van der Waals surface area contributed by atoms with Crippen molar-refractivity contribution >= 4 is 38.0 Å². The molecule has 1 fully saturated rings. The molecule has 18 heavy (non-hydrogen) atoms. The highest BCUT2D eigenvalue weighted by atomic mass is 79.9. The molecule has 1 N–H and O–H groups in total.